The van der Waals surface area contributed by atoms with E-state index >= 15 is 0 Å². The van der Waals surface area contributed by atoms with Crippen molar-refractivity contribution in [3.8, 4) is 0 Å². The second-order valence-corrected chi connectivity index (χ2v) is 5.49. The predicted octanol–water partition coefficient (Wildman–Crippen LogP) is 2.62. The maximum Gasteiger partial charge on any atom is 0.326 e. The van der Waals surface area contributed by atoms with Gasteiger partial charge in [-0.05, 0) is 17.7 Å². The molecule has 0 spiro atoms. The quantitative estimate of drug-likeness (QED) is 0.600. The third kappa shape index (κ3) is 2.94. The Morgan fingerprint density at radius 3 is 2.68 bits per heavy atom. The van der Waals surface area contributed by atoms with Crippen molar-refractivity contribution in [1.82, 2.24) is 14.5 Å². The van der Waals surface area contributed by atoms with Gasteiger partial charge in [-0.25, -0.2) is 4.79 Å². The summed E-state index contributed by atoms with van der Waals surface area (Å²) in [7, 11) is 0. The first-order valence-corrected chi connectivity index (χ1v) is 7.70. The molecule has 0 unspecified atom stereocenters. The van der Waals surface area contributed by atoms with Crippen molar-refractivity contribution < 1.29 is 9.21 Å². The van der Waals surface area contributed by atoms with Crippen LogP contribution in [0, 0.1) is 0 Å². The number of oxazole rings is 1. The third-order valence-corrected chi connectivity index (χ3v) is 3.80. The summed E-state index contributed by atoms with van der Waals surface area (Å²) in [5.41, 5.74) is 1.99. The van der Waals surface area contributed by atoms with Gasteiger partial charge in [0, 0.05) is 6.20 Å². The maximum absolute atomic E-state index is 12.5. The summed E-state index contributed by atoms with van der Waals surface area (Å²) in [5, 5.41) is 2.59. The van der Waals surface area contributed by atoms with E-state index in [-0.39, 0.29) is 17.4 Å². The Bertz CT molecular complexity index is 1060. The molecule has 0 radical (unpaired) electrons. The zero-order valence-electron chi connectivity index (χ0n) is 13.1. The molecule has 7 nitrogen and oxygen atoms in total. The summed E-state index contributed by atoms with van der Waals surface area (Å²) >= 11 is 0. The average Bonchev–Trinajstić information content (AvgIpc) is 3.19. The van der Waals surface area contributed by atoms with Gasteiger partial charge in [-0.3, -0.25) is 14.7 Å². The number of aromatic nitrogens is 3. The van der Waals surface area contributed by atoms with Crippen molar-refractivity contribution in [3.05, 3.63) is 82.5 Å². The van der Waals surface area contributed by atoms with Gasteiger partial charge in [-0.1, -0.05) is 42.5 Å². The van der Waals surface area contributed by atoms with Crippen LogP contribution in [0.3, 0.4) is 0 Å². The Labute approximate surface area is 141 Å². The molecular weight excluding hydrogens is 320 g/mol. The molecule has 0 aliphatic carbocycles. The molecule has 0 aliphatic heterocycles. The summed E-state index contributed by atoms with van der Waals surface area (Å²) in [4.78, 5) is 31.3. The minimum absolute atomic E-state index is 0.0890. The van der Waals surface area contributed by atoms with Crippen LogP contribution in [0.15, 0.2) is 70.0 Å². The topological polar surface area (TPSA) is 92.9 Å². The van der Waals surface area contributed by atoms with Gasteiger partial charge in [-0.2, -0.15) is 4.98 Å². The molecule has 0 saturated heterocycles. The molecule has 1 amide bonds. The summed E-state index contributed by atoms with van der Waals surface area (Å²) in [5.74, 6) is -0.471. The Hall–Kier alpha value is -3.61. The van der Waals surface area contributed by atoms with Gasteiger partial charge in [-0.15, -0.1) is 0 Å². The molecule has 0 aliphatic rings. The fourth-order valence-electron chi connectivity index (χ4n) is 2.59. The fourth-order valence-corrected chi connectivity index (χ4v) is 2.59. The summed E-state index contributed by atoms with van der Waals surface area (Å²) < 4.78 is 6.85. The first-order chi connectivity index (χ1) is 12.2. The standard InChI is InChI=1S/C18H14N4O3/c23-16(21-17-20-13-8-4-5-9-15(13)25-17)14-10-19-18(24)22(14)11-12-6-2-1-3-7-12/h1-10H,11H2,(H,19,24)(H,20,21,23). The molecule has 4 rings (SSSR count). The van der Waals surface area contributed by atoms with Crippen LogP contribution in [0.4, 0.5) is 6.01 Å². The van der Waals surface area contributed by atoms with E-state index in [0.29, 0.717) is 17.6 Å². The van der Waals surface area contributed by atoms with Crippen molar-refractivity contribution in [3.63, 3.8) is 0 Å². The highest BCUT2D eigenvalue weighted by atomic mass is 16.4. The number of amides is 1. The highest BCUT2D eigenvalue weighted by Crippen LogP contribution is 2.18. The van der Waals surface area contributed by atoms with Gasteiger partial charge >= 0.3 is 11.7 Å². The normalized spacial score (nSPS) is 10.9. The van der Waals surface area contributed by atoms with Crippen molar-refractivity contribution in [2.75, 3.05) is 5.32 Å². The number of imidazole rings is 1. The van der Waals surface area contributed by atoms with Gasteiger partial charge in [0.25, 0.3) is 5.91 Å². The molecule has 25 heavy (non-hydrogen) atoms. The Morgan fingerprint density at radius 2 is 1.88 bits per heavy atom. The summed E-state index contributed by atoms with van der Waals surface area (Å²) in [6.45, 7) is 0.291. The van der Waals surface area contributed by atoms with Crippen LogP contribution in [-0.2, 0) is 6.54 Å². The number of aromatic amines is 1. The highest BCUT2D eigenvalue weighted by Gasteiger charge is 2.17. The summed E-state index contributed by atoms with van der Waals surface area (Å²) in [6.07, 6.45) is 1.38. The van der Waals surface area contributed by atoms with E-state index in [1.54, 1.807) is 12.1 Å². The zero-order chi connectivity index (χ0) is 17.2. The second-order valence-electron chi connectivity index (χ2n) is 5.49. The Balaban J connectivity index is 1.61. The number of anilines is 1. The maximum atomic E-state index is 12.5. The van der Waals surface area contributed by atoms with Gasteiger partial charge in [0.2, 0.25) is 0 Å². The molecule has 2 N–H and O–H groups in total. The lowest BCUT2D eigenvalue weighted by Crippen LogP contribution is -2.24. The third-order valence-electron chi connectivity index (χ3n) is 3.80. The predicted molar refractivity (Wildman–Crippen MR) is 92.6 cm³/mol. The van der Waals surface area contributed by atoms with Crippen LogP contribution in [0.5, 0.6) is 0 Å². The van der Waals surface area contributed by atoms with Crippen LogP contribution in [0.25, 0.3) is 11.1 Å². The number of carbonyl (C=O) groups is 1. The lowest BCUT2D eigenvalue weighted by molar-refractivity contribution is 0.101. The number of nitrogens with one attached hydrogen (secondary N) is 2. The monoisotopic (exact) mass is 334 g/mol. The molecule has 7 heteroatoms. The van der Waals surface area contributed by atoms with Crippen molar-refractivity contribution in [2.45, 2.75) is 6.54 Å². The van der Waals surface area contributed by atoms with Crippen molar-refractivity contribution in [2.24, 2.45) is 0 Å². The van der Waals surface area contributed by atoms with Crippen LogP contribution < -0.4 is 11.0 Å². The minimum Gasteiger partial charge on any atom is -0.423 e. The SMILES string of the molecule is O=C(Nc1nc2ccccc2o1)c1c[nH]c(=O)n1Cc1ccccc1. The molecule has 2 aromatic heterocycles. The number of rotatable bonds is 4. The smallest absolute Gasteiger partial charge is 0.326 e. The summed E-state index contributed by atoms with van der Waals surface area (Å²) in [6, 6.07) is 16.7. The molecule has 0 fully saturated rings. The molecular formula is C18H14N4O3. The molecule has 2 heterocycles. The van der Waals surface area contributed by atoms with Gasteiger partial charge in [0.15, 0.2) is 5.58 Å². The van der Waals surface area contributed by atoms with Crippen LogP contribution in [-0.4, -0.2) is 20.4 Å². The van der Waals surface area contributed by atoms with Crippen molar-refractivity contribution >= 4 is 23.0 Å². The van der Waals surface area contributed by atoms with E-state index in [1.165, 1.54) is 10.8 Å². The number of hydrogen-bond acceptors (Lipinski definition) is 4. The number of hydrogen-bond donors (Lipinski definition) is 2. The number of fused-ring (bicyclic) bond motifs is 1. The van der Waals surface area contributed by atoms with Gasteiger partial charge in [0.1, 0.15) is 11.2 Å². The van der Waals surface area contributed by atoms with Crippen molar-refractivity contribution in [1.29, 1.82) is 0 Å². The number of carbonyl (C=O) groups excluding carboxylic acids is 1. The van der Waals surface area contributed by atoms with E-state index in [0.717, 1.165) is 5.56 Å². The molecule has 0 atom stereocenters. The number of nitrogens with zero attached hydrogens (tertiary/aromatic N) is 2. The number of para-hydroxylation sites is 2. The largest absolute Gasteiger partial charge is 0.423 e. The lowest BCUT2D eigenvalue weighted by Gasteiger charge is -2.06. The van der Waals surface area contributed by atoms with Crippen LogP contribution in [0.1, 0.15) is 16.1 Å². The van der Waals surface area contributed by atoms with Crippen LogP contribution >= 0.6 is 0 Å². The zero-order valence-corrected chi connectivity index (χ0v) is 13.1. The molecule has 124 valence electrons. The van der Waals surface area contributed by atoms with E-state index < -0.39 is 5.91 Å². The van der Waals surface area contributed by atoms with Gasteiger partial charge < -0.3 is 9.40 Å². The van der Waals surface area contributed by atoms with E-state index in [9.17, 15) is 9.59 Å². The van der Waals surface area contributed by atoms with Crippen LogP contribution in [0.2, 0.25) is 0 Å². The van der Waals surface area contributed by atoms with E-state index in [2.05, 4.69) is 15.3 Å². The van der Waals surface area contributed by atoms with Gasteiger partial charge in [0.05, 0.1) is 6.54 Å². The fraction of sp³-hybridized carbons (Fsp3) is 0.0556. The van der Waals surface area contributed by atoms with E-state index in [1.807, 2.05) is 42.5 Å². The lowest BCUT2D eigenvalue weighted by atomic mass is 10.2. The Morgan fingerprint density at radius 1 is 1.12 bits per heavy atom. The molecule has 0 saturated carbocycles. The molecule has 4 aromatic rings. The second kappa shape index (κ2) is 6.12. The Kier molecular flexibility index (Phi) is 3.66. The minimum atomic E-state index is -0.471. The number of benzene rings is 2. The molecule has 0 bridgehead atoms. The highest BCUT2D eigenvalue weighted by molar-refractivity contribution is 6.02. The number of H-pyrrole nitrogens is 1. The first kappa shape index (κ1) is 14.9. The average molecular weight is 334 g/mol. The molecule has 2 aromatic carbocycles. The first-order valence-electron chi connectivity index (χ1n) is 7.70. The van der Waals surface area contributed by atoms with E-state index in [4.69, 9.17) is 4.42 Å².